The number of allylic oxidation sites excluding steroid dienone is 4. The normalized spacial score (nSPS) is 38.2. The van der Waals surface area contributed by atoms with E-state index in [9.17, 15) is 19.8 Å². The van der Waals surface area contributed by atoms with Gasteiger partial charge in [0.15, 0.2) is 5.78 Å². The summed E-state index contributed by atoms with van der Waals surface area (Å²) in [5.41, 5.74) is -1.000. The number of amides is 2. The van der Waals surface area contributed by atoms with E-state index in [-0.39, 0.29) is 47.1 Å². The summed E-state index contributed by atoms with van der Waals surface area (Å²) in [5.74, 6) is 1.10. The number of nitrogens with zero attached hydrogens (tertiary/aromatic N) is 1. The number of carbonyl (C=O) groups is 2. The summed E-state index contributed by atoms with van der Waals surface area (Å²) in [4.78, 5) is 32.0. The van der Waals surface area contributed by atoms with Gasteiger partial charge in [-0.15, -0.1) is 11.3 Å². The lowest BCUT2D eigenvalue weighted by Crippen LogP contribution is -2.67. The molecule has 0 aliphatic heterocycles. The molecule has 8 rings (SSSR count). The Kier molecular flexibility index (Phi) is 7.85. The number of anilines is 1. The first kappa shape index (κ1) is 32.6. The third-order valence-corrected chi connectivity index (χ3v) is 14.5. The third-order valence-electron chi connectivity index (χ3n) is 13.5. The fourth-order valence-corrected chi connectivity index (χ4v) is 11.8. The molecule has 2 spiro atoms. The second-order valence-electron chi connectivity index (χ2n) is 15.6. The lowest BCUT2D eigenvalue weighted by molar-refractivity contribution is -0.174. The molecular weight excluding hydrogens is 609 g/mol. The minimum atomic E-state index is -1.11. The zero-order chi connectivity index (χ0) is 33.4. The van der Waals surface area contributed by atoms with Gasteiger partial charge in [-0.05, 0) is 112 Å². The van der Waals surface area contributed by atoms with Crippen molar-refractivity contribution < 1.29 is 24.5 Å². The number of aliphatic hydroxyl groups is 2. The first-order chi connectivity index (χ1) is 22.3. The molecule has 0 saturated heterocycles. The maximum absolute atomic E-state index is 14.6. The van der Waals surface area contributed by atoms with Crippen molar-refractivity contribution >= 4 is 28.8 Å². The van der Waals surface area contributed by atoms with Crippen LogP contribution in [0, 0.1) is 40.4 Å². The zero-order valence-electron chi connectivity index (χ0n) is 28.5. The van der Waals surface area contributed by atoms with Crippen LogP contribution in [0.25, 0.3) is 0 Å². The number of hydrogen-bond donors (Lipinski definition) is 3. The number of aliphatic hydroxyl groups excluding tert-OH is 1. The van der Waals surface area contributed by atoms with E-state index >= 15 is 0 Å². The standard InChI is InChI=1S/C39H50N2O5S/c1-6-21-41(34(44)40-26-8-10-28(46-5)11-9-26)24-38(45)18-15-32-36(38,4)17-14-31-35(3)16-13-27(42)22-37(35)19-20-39(31,32)29(23-37)33(43)30-12-7-25(2)47-30/h7-12,19-20,23,27,31-32,42,45H,6,13-18,21-22,24H2,1-5H3,(H,40,44)/t27?,31-,32-,35-,36+,37+,38-,39-/m1/s1. The molecule has 1 aromatic heterocycles. The van der Waals surface area contributed by atoms with Crippen molar-refractivity contribution in [3.63, 3.8) is 0 Å². The van der Waals surface area contributed by atoms with Crippen molar-refractivity contribution in [1.29, 1.82) is 0 Å². The summed E-state index contributed by atoms with van der Waals surface area (Å²) in [7, 11) is 1.62. The number of urea groups is 1. The molecule has 3 saturated carbocycles. The number of thiophene rings is 1. The average molecular weight is 659 g/mol. The van der Waals surface area contributed by atoms with Crippen LogP contribution in [-0.2, 0) is 0 Å². The van der Waals surface area contributed by atoms with Crippen LogP contribution in [0.1, 0.15) is 86.7 Å². The van der Waals surface area contributed by atoms with Crippen molar-refractivity contribution in [2.24, 2.45) is 33.5 Å². The quantitative estimate of drug-likeness (QED) is 0.199. The fourth-order valence-electron chi connectivity index (χ4n) is 11.0. The van der Waals surface area contributed by atoms with Gasteiger partial charge in [-0.25, -0.2) is 4.79 Å². The third kappa shape index (κ3) is 4.64. The Morgan fingerprint density at radius 2 is 1.70 bits per heavy atom. The highest BCUT2D eigenvalue weighted by Crippen LogP contribution is 2.78. The Morgan fingerprint density at radius 1 is 1.00 bits per heavy atom. The van der Waals surface area contributed by atoms with E-state index in [4.69, 9.17) is 4.74 Å². The average Bonchev–Trinajstić information content (AvgIpc) is 3.60. The van der Waals surface area contributed by atoms with Crippen LogP contribution >= 0.6 is 11.3 Å². The van der Waals surface area contributed by atoms with Gasteiger partial charge in [-0.2, -0.15) is 0 Å². The molecule has 0 radical (unpaired) electrons. The topological polar surface area (TPSA) is 99.1 Å². The zero-order valence-corrected chi connectivity index (χ0v) is 29.3. The number of nitrogens with one attached hydrogen (secondary N) is 1. The highest BCUT2D eigenvalue weighted by atomic mass is 32.1. The lowest BCUT2D eigenvalue weighted by Gasteiger charge is -2.71. The number of ether oxygens (including phenoxy) is 1. The van der Waals surface area contributed by atoms with Crippen LogP contribution in [-0.4, -0.2) is 58.8 Å². The highest BCUT2D eigenvalue weighted by Gasteiger charge is 2.74. The molecule has 47 heavy (non-hydrogen) atoms. The van der Waals surface area contributed by atoms with Gasteiger partial charge in [-0.3, -0.25) is 4.79 Å². The molecule has 1 heterocycles. The van der Waals surface area contributed by atoms with Crippen LogP contribution in [0.5, 0.6) is 5.75 Å². The molecule has 6 aliphatic carbocycles. The highest BCUT2D eigenvalue weighted by molar-refractivity contribution is 7.14. The van der Waals surface area contributed by atoms with Gasteiger partial charge in [0, 0.05) is 38.9 Å². The van der Waals surface area contributed by atoms with Gasteiger partial charge in [-0.1, -0.05) is 39.0 Å². The number of fused-ring (bicyclic) bond motifs is 1. The summed E-state index contributed by atoms with van der Waals surface area (Å²) in [5, 5.41) is 26.8. The Morgan fingerprint density at radius 3 is 2.38 bits per heavy atom. The van der Waals surface area contributed by atoms with Crippen LogP contribution < -0.4 is 10.1 Å². The number of methoxy groups -OCH3 is 1. The number of carbonyl (C=O) groups excluding carboxylic acids is 2. The first-order valence-corrected chi connectivity index (χ1v) is 18.3. The Labute approximate surface area is 283 Å². The molecule has 6 aliphatic rings. The predicted octanol–water partition coefficient (Wildman–Crippen LogP) is 7.78. The second kappa shape index (κ2) is 11.3. The Balaban J connectivity index is 1.25. The fraction of sp³-hybridized carbons (Fsp3) is 0.590. The molecular formula is C39H50N2O5S. The van der Waals surface area contributed by atoms with E-state index in [0.717, 1.165) is 59.6 Å². The molecule has 1 unspecified atom stereocenters. The summed E-state index contributed by atoms with van der Waals surface area (Å²) in [6.07, 6.45) is 12.8. The molecule has 7 nitrogen and oxygen atoms in total. The number of aryl methyl sites for hydroxylation is 1. The Hall–Kier alpha value is -2.94. The molecule has 8 heteroatoms. The van der Waals surface area contributed by atoms with Crippen LogP contribution in [0.4, 0.5) is 10.5 Å². The van der Waals surface area contributed by atoms with Gasteiger partial charge in [0.2, 0.25) is 0 Å². The molecule has 1 aromatic carbocycles. The smallest absolute Gasteiger partial charge is 0.321 e. The minimum absolute atomic E-state index is 0.0429. The number of ketones is 1. The van der Waals surface area contributed by atoms with Gasteiger partial charge in [0.05, 0.1) is 30.2 Å². The van der Waals surface area contributed by atoms with Gasteiger partial charge in [0.1, 0.15) is 5.75 Å². The molecule has 8 atom stereocenters. The SMILES string of the molecule is CCCN(C[C@]1(O)CC[C@H]2[C@]34C=C[C@@]5(C=C3C(=O)c3ccc(C)s3)CC(O)CC[C@]5(C)[C@H]4CC[C@@]21C)C(=O)Nc1ccc(OC)cc1. The number of benzene rings is 1. The van der Waals surface area contributed by atoms with Crippen molar-refractivity contribution in [2.75, 3.05) is 25.5 Å². The van der Waals surface area contributed by atoms with Gasteiger partial charge < -0.3 is 25.2 Å². The van der Waals surface area contributed by atoms with Crippen LogP contribution in [0.2, 0.25) is 0 Å². The molecule has 2 amide bonds. The largest absolute Gasteiger partial charge is 0.497 e. The van der Waals surface area contributed by atoms with E-state index < -0.39 is 16.4 Å². The number of Topliss-reactive ketones (excluding diaryl/α,β-unsaturated/α-hetero) is 1. The van der Waals surface area contributed by atoms with Gasteiger partial charge in [0.25, 0.3) is 0 Å². The van der Waals surface area contributed by atoms with Crippen molar-refractivity contribution in [3.8, 4) is 5.75 Å². The van der Waals surface area contributed by atoms with E-state index in [0.29, 0.717) is 25.1 Å². The van der Waals surface area contributed by atoms with Crippen molar-refractivity contribution in [2.45, 2.75) is 90.8 Å². The lowest BCUT2D eigenvalue weighted by atomic mass is 9.32. The van der Waals surface area contributed by atoms with E-state index in [1.165, 1.54) is 0 Å². The van der Waals surface area contributed by atoms with Gasteiger partial charge >= 0.3 is 6.03 Å². The number of rotatable bonds is 8. The molecule has 3 fully saturated rings. The minimum Gasteiger partial charge on any atom is -0.497 e. The molecule has 252 valence electrons. The maximum atomic E-state index is 14.6. The van der Waals surface area contributed by atoms with Crippen molar-refractivity contribution in [3.05, 3.63) is 70.0 Å². The van der Waals surface area contributed by atoms with E-state index in [2.05, 4.69) is 44.3 Å². The summed E-state index contributed by atoms with van der Waals surface area (Å²) < 4.78 is 5.27. The summed E-state index contributed by atoms with van der Waals surface area (Å²) in [6.45, 7) is 9.51. The molecule has 2 aromatic rings. The van der Waals surface area contributed by atoms with E-state index in [1.807, 2.05) is 43.3 Å². The van der Waals surface area contributed by atoms with Crippen LogP contribution in [0.15, 0.2) is 60.2 Å². The maximum Gasteiger partial charge on any atom is 0.321 e. The second-order valence-corrected chi connectivity index (χ2v) is 16.9. The van der Waals surface area contributed by atoms with Crippen LogP contribution in [0.3, 0.4) is 0 Å². The summed E-state index contributed by atoms with van der Waals surface area (Å²) >= 11 is 1.55. The number of hydrogen-bond acceptors (Lipinski definition) is 6. The summed E-state index contributed by atoms with van der Waals surface area (Å²) in [6, 6.07) is 11.1. The Bertz CT molecular complexity index is 1630. The predicted molar refractivity (Wildman–Crippen MR) is 186 cm³/mol. The molecule has 2 bridgehead atoms. The van der Waals surface area contributed by atoms with Crippen molar-refractivity contribution in [1.82, 2.24) is 4.90 Å². The first-order valence-electron chi connectivity index (χ1n) is 17.5. The monoisotopic (exact) mass is 658 g/mol. The molecule has 3 N–H and O–H groups in total. The van der Waals surface area contributed by atoms with E-state index in [1.54, 1.807) is 23.3 Å².